The summed E-state index contributed by atoms with van der Waals surface area (Å²) in [7, 11) is 0. The van der Waals surface area contributed by atoms with Gasteiger partial charge in [0.2, 0.25) is 5.91 Å². The average Bonchev–Trinajstić information content (AvgIpc) is 2.16. The summed E-state index contributed by atoms with van der Waals surface area (Å²) in [5.74, 6) is -0.0240. The molecular formula is C11H16N2O. The van der Waals surface area contributed by atoms with Crippen LogP contribution in [0.1, 0.15) is 35.8 Å². The van der Waals surface area contributed by atoms with Crippen LogP contribution >= 0.6 is 0 Å². The van der Waals surface area contributed by atoms with Gasteiger partial charge in [0.15, 0.2) is 0 Å². The summed E-state index contributed by atoms with van der Waals surface area (Å²) < 4.78 is 0. The highest BCUT2D eigenvalue weighted by Gasteiger charge is 2.10. The van der Waals surface area contributed by atoms with Crippen molar-refractivity contribution in [1.29, 1.82) is 0 Å². The predicted molar refractivity (Wildman–Crippen MR) is 56.7 cm³/mol. The number of amides is 1. The molecule has 3 nitrogen and oxygen atoms in total. The monoisotopic (exact) mass is 192 g/mol. The van der Waals surface area contributed by atoms with E-state index in [9.17, 15) is 4.79 Å². The molecule has 0 saturated heterocycles. The fraction of sp³-hybridized carbons (Fsp3) is 0.364. The molecule has 0 aliphatic heterocycles. The number of hydrogen-bond acceptors (Lipinski definition) is 2. The summed E-state index contributed by atoms with van der Waals surface area (Å²) in [4.78, 5) is 10.8. The van der Waals surface area contributed by atoms with E-state index >= 15 is 0 Å². The molecular weight excluding hydrogens is 176 g/mol. The SMILES string of the molecule is CC(C)C(N)c1ccc(C(N)=O)cc1. The third kappa shape index (κ3) is 2.33. The summed E-state index contributed by atoms with van der Waals surface area (Å²) >= 11 is 0. The van der Waals surface area contributed by atoms with Gasteiger partial charge >= 0.3 is 0 Å². The summed E-state index contributed by atoms with van der Waals surface area (Å²) in [6.45, 7) is 4.12. The van der Waals surface area contributed by atoms with Crippen LogP contribution < -0.4 is 11.5 Å². The first-order valence-corrected chi connectivity index (χ1v) is 4.67. The van der Waals surface area contributed by atoms with E-state index < -0.39 is 5.91 Å². The first-order chi connectivity index (χ1) is 6.52. The Labute approximate surface area is 84.1 Å². The lowest BCUT2D eigenvalue weighted by Gasteiger charge is -2.15. The molecule has 1 unspecified atom stereocenters. The number of carbonyl (C=O) groups is 1. The van der Waals surface area contributed by atoms with Crippen molar-refractivity contribution in [2.45, 2.75) is 19.9 Å². The molecule has 14 heavy (non-hydrogen) atoms. The lowest BCUT2D eigenvalue weighted by molar-refractivity contribution is 0.100. The lowest BCUT2D eigenvalue weighted by Crippen LogP contribution is -2.17. The summed E-state index contributed by atoms with van der Waals surface area (Å²) in [5, 5.41) is 0. The van der Waals surface area contributed by atoms with Crippen molar-refractivity contribution < 1.29 is 4.79 Å². The number of nitrogens with two attached hydrogens (primary N) is 2. The molecule has 0 bridgehead atoms. The van der Waals surface area contributed by atoms with E-state index in [0.29, 0.717) is 11.5 Å². The third-order valence-corrected chi connectivity index (χ3v) is 2.30. The van der Waals surface area contributed by atoms with Crippen molar-refractivity contribution in [3.05, 3.63) is 35.4 Å². The highest BCUT2D eigenvalue weighted by atomic mass is 16.1. The second-order valence-electron chi connectivity index (χ2n) is 3.76. The van der Waals surface area contributed by atoms with Gasteiger partial charge in [0.1, 0.15) is 0 Å². The fourth-order valence-electron chi connectivity index (χ4n) is 1.25. The van der Waals surface area contributed by atoms with Crippen molar-refractivity contribution in [2.75, 3.05) is 0 Å². The molecule has 0 aliphatic carbocycles. The Balaban J connectivity index is 2.88. The molecule has 0 heterocycles. The van der Waals surface area contributed by atoms with E-state index in [2.05, 4.69) is 13.8 Å². The van der Waals surface area contributed by atoms with Gasteiger partial charge < -0.3 is 11.5 Å². The number of rotatable bonds is 3. The molecule has 1 aromatic rings. The van der Waals surface area contributed by atoms with E-state index in [1.165, 1.54) is 0 Å². The molecule has 4 N–H and O–H groups in total. The molecule has 0 spiro atoms. The van der Waals surface area contributed by atoms with Crippen molar-refractivity contribution >= 4 is 5.91 Å². The highest BCUT2D eigenvalue weighted by molar-refractivity contribution is 5.92. The second-order valence-corrected chi connectivity index (χ2v) is 3.76. The van der Waals surface area contributed by atoms with Crippen LogP contribution in [-0.4, -0.2) is 5.91 Å². The number of benzene rings is 1. The Hall–Kier alpha value is -1.35. The molecule has 0 saturated carbocycles. The standard InChI is InChI=1S/C11H16N2O/c1-7(2)10(12)8-3-5-9(6-4-8)11(13)14/h3-7,10H,12H2,1-2H3,(H2,13,14). The molecule has 1 rings (SSSR count). The Morgan fingerprint density at radius 3 is 2.07 bits per heavy atom. The van der Waals surface area contributed by atoms with Crippen LogP contribution in [-0.2, 0) is 0 Å². The van der Waals surface area contributed by atoms with Gasteiger partial charge in [0, 0.05) is 11.6 Å². The average molecular weight is 192 g/mol. The zero-order chi connectivity index (χ0) is 10.7. The summed E-state index contributed by atoms with van der Waals surface area (Å²) in [5.41, 5.74) is 12.6. The Morgan fingerprint density at radius 1 is 1.21 bits per heavy atom. The smallest absolute Gasteiger partial charge is 0.248 e. The van der Waals surface area contributed by atoms with Gasteiger partial charge in [-0.3, -0.25) is 4.79 Å². The van der Waals surface area contributed by atoms with Gasteiger partial charge in [0.25, 0.3) is 0 Å². The lowest BCUT2D eigenvalue weighted by atomic mass is 9.96. The Kier molecular flexibility index (Phi) is 3.25. The molecule has 1 atom stereocenters. The van der Waals surface area contributed by atoms with Crippen LogP contribution in [0.4, 0.5) is 0 Å². The van der Waals surface area contributed by atoms with Gasteiger partial charge in [-0.25, -0.2) is 0 Å². The molecule has 0 radical (unpaired) electrons. The van der Waals surface area contributed by atoms with E-state index in [0.717, 1.165) is 5.56 Å². The predicted octanol–water partition coefficient (Wildman–Crippen LogP) is 1.44. The van der Waals surface area contributed by atoms with Gasteiger partial charge in [-0.15, -0.1) is 0 Å². The molecule has 0 fully saturated rings. The maximum atomic E-state index is 10.8. The highest BCUT2D eigenvalue weighted by Crippen LogP contribution is 2.18. The van der Waals surface area contributed by atoms with Gasteiger partial charge in [-0.2, -0.15) is 0 Å². The minimum Gasteiger partial charge on any atom is -0.366 e. The zero-order valence-corrected chi connectivity index (χ0v) is 8.53. The van der Waals surface area contributed by atoms with Crippen LogP contribution in [0, 0.1) is 5.92 Å². The van der Waals surface area contributed by atoms with E-state index in [4.69, 9.17) is 11.5 Å². The van der Waals surface area contributed by atoms with Crippen molar-refractivity contribution in [1.82, 2.24) is 0 Å². The van der Waals surface area contributed by atoms with Crippen LogP contribution in [0.2, 0.25) is 0 Å². The normalized spacial score (nSPS) is 12.9. The summed E-state index contributed by atoms with van der Waals surface area (Å²) in [6.07, 6.45) is 0. The largest absolute Gasteiger partial charge is 0.366 e. The van der Waals surface area contributed by atoms with E-state index in [1.54, 1.807) is 12.1 Å². The van der Waals surface area contributed by atoms with Crippen LogP contribution in [0.3, 0.4) is 0 Å². The Bertz CT molecular complexity index is 317. The summed E-state index contributed by atoms with van der Waals surface area (Å²) in [6, 6.07) is 7.13. The molecule has 3 heteroatoms. The second kappa shape index (κ2) is 4.24. The van der Waals surface area contributed by atoms with E-state index in [1.807, 2.05) is 12.1 Å². The number of primary amides is 1. The quantitative estimate of drug-likeness (QED) is 0.760. The molecule has 0 aromatic heterocycles. The van der Waals surface area contributed by atoms with Crippen LogP contribution in [0.25, 0.3) is 0 Å². The Morgan fingerprint density at radius 2 is 1.71 bits per heavy atom. The molecule has 1 amide bonds. The topological polar surface area (TPSA) is 69.1 Å². The van der Waals surface area contributed by atoms with E-state index in [-0.39, 0.29) is 6.04 Å². The van der Waals surface area contributed by atoms with Crippen molar-refractivity contribution in [3.63, 3.8) is 0 Å². The van der Waals surface area contributed by atoms with Crippen molar-refractivity contribution in [2.24, 2.45) is 17.4 Å². The minimum atomic E-state index is -0.408. The van der Waals surface area contributed by atoms with Crippen LogP contribution in [0.5, 0.6) is 0 Å². The maximum absolute atomic E-state index is 10.8. The fourth-order valence-corrected chi connectivity index (χ4v) is 1.25. The van der Waals surface area contributed by atoms with Gasteiger partial charge in [0.05, 0.1) is 0 Å². The maximum Gasteiger partial charge on any atom is 0.248 e. The van der Waals surface area contributed by atoms with Crippen molar-refractivity contribution in [3.8, 4) is 0 Å². The first kappa shape index (κ1) is 10.7. The number of carbonyl (C=O) groups excluding carboxylic acids is 1. The third-order valence-electron chi connectivity index (χ3n) is 2.30. The first-order valence-electron chi connectivity index (χ1n) is 4.67. The van der Waals surface area contributed by atoms with Crippen LogP contribution in [0.15, 0.2) is 24.3 Å². The van der Waals surface area contributed by atoms with Gasteiger partial charge in [-0.05, 0) is 23.6 Å². The minimum absolute atomic E-state index is 0.0110. The molecule has 0 aliphatic rings. The molecule has 76 valence electrons. The number of hydrogen-bond donors (Lipinski definition) is 2. The zero-order valence-electron chi connectivity index (χ0n) is 8.53. The van der Waals surface area contributed by atoms with Gasteiger partial charge in [-0.1, -0.05) is 26.0 Å². The molecule has 1 aromatic carbocycles.